The number of benzene rings is 1. The van der Waals surface area contributed by atoms with Crippen molar-refractivity contribution < 1.29 is 14.4 Å². The Morgan fingerprint density at radius 3 is 2.81 bits per heavy atom. The standard InChI is InChI=1S/C14H21ClN2O4/c1-20-9-10-21-8-3-2-7-16-11-12-13(15)5-4-6-14(12)17(18)19/h4-6,16H,2-3,7-11H2,1H3. The van der Waals surface area contributed by atoms with Gasteiger partial charge in [-0.05, 0) is 25.5 Å². The van der Waals surface area contributed by atoms with Gasteiger partial charge in [-0.3, -0.25) is 10.1 Å². The van der Waals surface area contributed by atoms with Crippen LogP contribution in [0.4, 0.5) is 5.69 Å². The van der Waals surface area contributed by atoms with Crippen molar-refractivity contribution in [1.82, 2.24) is 5.32 Å². The molecule has 1 aromatic rings. The molecule has 0 amide bonds. The number of halogens is 1. The lowest BCUT2D eigenvalue weighted by Crippen LogP contribution is -2.16. The molecule has 0 bridgehead atoms. The molecule has 1 N–H and O–H groups in total. The van der Waals surface area contributed by atoms with Gasteiger partial charge in [-0.2, -0.15) is 0 Å². The number of ether oxygens (including phenoxy) is 2. The summed E-state index contributed by atoms with van der Waals surface area (Å²) < 4.78 is 10.2. The molecule has 6 nitrogen and oxygen atoms in total. The van der Waals surface area contributed by atoms with Crippen LogP contribution in [0.1, 0.15) is 18.4 Å². The summed E-state index contributed by atoms with van der Waals surface area (Å²) in [5, 5.41) is 14.5. The van der Waals surface area contributed by atoms with E-state index in [1.165, 1.54) is 6.07 Å². The topological polar surface area (TPSA) is 73.6 Å². The normalized spacial score (nSPS) is 10.8. The first kappa shape index (κ1) is 17.8. The summed E-state index contributed by atoms with van der Waals surface area (Å²) >= 11 is 6.01. The van der Waals surface area contributed by atoms with Crippen molar-refractivity contribution in [3.8, 4) is 0 Å². The molecule has 21 heavy (non-hydrogen) atoms. The number of nitro groups is 1. The van der Waals surface area contributed by atoms with E-state index in [4.69, 9.17) is 21.1 Å². The van der Waals surface area contributed by atoms with Crippen LogP contribution in [-0.2, 0) is 16.0 Å². The molecule has 0 aliphatic rings. The predicted molar refractivity (Wildman–Crippen MR) is 81.7 cm³/mol. The molecular formula is C14H21ClN2O4. The van der Waals surface area contributed by atoms with Crippen LogP contribution in [-0.4, -0.2) is 38.4 Å². The van der Waals surface area contributed by atoms with Crippen molar-refractivity contribution in [2.45, 2.75) is 19.4 Å². The first-order valence-corrected chi connectivity index (χ1v) is 7.23. The average Bonchev–Trinajstić information content (AvgIpc) is 2.46. The molecule has 0 unspecified atom stereocenters. The maximum atomic E-state index is 10.9. The summed E-state index contributed by atoms with van der Waals surface area (Å²) in [5.74, 6) is 0. The fourth-order valence-corrected chi connectivity index (χ4v) is 2.04. The number of nitro benzene ring substituents is 1. The van der Waals surface area contributed by atoms with Crippen LogP contribution < -0.4 is 5.32 Å². The van der Waals surface area contributed by atoms with Gasteiger partial charge in [0, 0.05) is 26.3 Å². The average molecular weight is 317 g/mol. The second-order valence-electron chi connectivity index (χ2n) is 4.48. The Kier molecular flexibility index (Phi) is 8.93. The molecule has 0 aromatic heterocycles. The van der Waals surface area contributed by atoms with Crippen LogP contribution in [0, 0.1) is 10.1 Å². The zero-order valence-corrected chi connectivity index (χ0v) is 12.9. The van der Waals surface area contributed by atoms with E-state index in [0.29, 0.717) is 37.0 Å². The molecule has 0 aliphatic carbocycles. The fraction of sp³-hybridized carbons (Fsp3) is 0.571. The monoisotopic (exact) mass is 316 g/mol. The highest BCUT2D eigenvalue weighted by Gasteiger charge is 2.15. The summed E-state index contributed by atoms with van der Waals surface area (Å²) in [4.78, 5) is 10.5. The van der Waals surface area contributed by atoms with Crippen molar-refractivity contribution in [1.29, 1.82) is 0 Å². The van der Waals surface area contributed by atoms with Crippen LogP contribution in [0.2, 0.25) is 5.02 Å². The number of hydrogen-bond donors (Lipinski definition) is 1. The van der Waals surface area contributed by atoms with Crippen LogP contribution in [0.3, 0.4) is 0 Å². The third-order valence-electron chi connectivity index (χ3n) is 2.92. The van der Waals surface area contributed by atoms with Crippen LogP contribution in [0.25, 0.3) is 0 Å². The number of rotatable bonds is 11. The van der Waals surface area contributed by atoms with E-state index >= 15 is 0 Å². The van der Waals surface area contributed by atoms with Crippen molar-refractivity contribution in [2.24, 2.45) is 0 Å². The van der Waals surface area contributed by atoms with Gasteiger partial charge in [-0.1, -0.05) is 17.7 Å². The van der Waals surface area contributed by atoms with Crippen LogP contribution >= 0.6 is 11.6 Å². The quantitative estimate of drug-likeness (QED) is 0.386. The molecule has 0 aliphatic heterocycles. The van der Waals surface area contributed by atoms with E-state index in [9.17, 15) is 10.1 Å². The minimum atomic E-state index is -0.410. The molecule has 7 heteroatoms. The highest BCUT2D eigenvalue weighted by atomic mass is 35.5. The van der Waals surface area contributed by atoms with Gasteiger partial charge in [-0.25, -0.2) is 0 Å². The molecule has 0 heterocycles. The second-order valence-corrected chi connectivity index (χ2v) is 4.89. The first-order valence-electron chi connectivity index (χ1n) is 6.86. The SMILES string of the molecule is COCCOCCCCNCc1c(Cl)cccc1[N+](=O)[O-]. The Balaban J connectivity index is 2.23. The summed E-state index contributed by atoms with van der Waals surface area (Å²) in [6.07, 6.45) is 1.87. The van der Waals surface area contributed by atoms with E-state index in [2.05, 4.69) is 5.32 Å². The summed E-state index contributed by atoms with van der Waals surface area (Å²) in [6.45, 7) is 3.05. The van der Waals surface area contributed by atoms with Gasteiger partial charge >= 0.3 is 0 Å². The number of unbranched alkanes of at least 4 members (excludes halogenated alkanes) is 1. The van der Waals surface area contributed by atoms with Gasteiger partial charge in [0.05, 0.1) is 28.7 Å². The predicted octanol–water partition coefficient (Wildman–Crippen LogP) is 2.78. The highest BCUT2D eigenvalue weighted by molar-refractivity contribution is 6.31. The molecule has 0 fully saturated rings. The molecule has 0 saturated heterocycles. The first-order chi connectivity index (χ1) is 10.2. The molecule has 1 rings (SSSR count). The Morgan fingerprint density at radius 1 is 1.29 bits per heavy atom. The summed E-state index contributed by atoms with van der Waals surface area (Å²) in [5.41, 5.74) is 0.582. The zero-order valence-electron chi connectivity index (χ0n) is 12.1. The smallest absolute Gasteiger partial charge is 0.275 e. The van der Waals surface area contributed by atoms with Crippen molar-refractivity contribution >= 4 is 17.3 Å². The largest absolute Gasteiger partial charge is 0.382 e. The Hall–Kier alpha value is -1.21. The van der Waals surface area contributed by atoms with Gasteiger partial charge in [0.1, 0.15) is 0 Å². The summed E-state index contributed by atoms with van der Waals surface area (Å²) in [6, 6.07) is 4.71. The molecule has 0 atom stereocenters. The van der Waals surface area contributed by atoms with Crippen LogP contribution in [0.15, 0.2) is 18.2 Å². The van der Waals surface area contributed by atoms with Crippen molar-refractivity contribution in [3.05, 3.63) is 38.9 Å². The molecular weight excluding hydrogens is 296 g/mol. The maximum Gasteiger partial charge on any atom is 0.275 e. The molecule has 0 saturated carbocycles. The van der Waals surface area contributed by atoms with Crippen LogP contribution in [0.5, 0.6) is 0 Å². The van der Waals surface area contributed by atoms with Gasteiger partial charge in [0.15, 0.2) is 0 Å². The minimum Gasteiger partial charge on any atom is -0.382 e. The van der Waals surface area contributed by atoms with Crippen molar-refractivity contribution in [3.63, 3.8) is 0 Å². The van der Waals surface area contributed by atoms with Crippen molar-refractivity contribution in [2.75, 3.05) is 33.5 Å². The Morgan fingerprint density at radius 2 is 2.10 bits per heavy atom. The number of nitrogens with zero attached hydrogens (tertiary/aromatic N) is 1. The lowest BCUT2D eigenvalue weighted by molar-refractivity contribution is -0.385. The van der Waals surface area contributed by atoms with E-state index < -0.39 is 4.92 Å². The summed E-state index contributed by atoms with van der Waals surface area (Å²) in [7, 11) is 1.64. The molecule has 0 radical (unpaired) electrons. The van der Waals surface area contributed by atoms with E-state index in [1.54, 1.807) is 19.2 Å². The van der Waals surface area contributed by atoms with Gasteiger partial charge in [-0.15, -0.1) is 0 Å². The highest BCUT2D eigenvalue weighted by Crippen LogP contribution is 2.25. The Labute approximate surface area is 129 Å². The zero-order chi connectivity index (χ0) is 15.5. The van der Waals surface area contributed by atoms with Gasteiger partial charge in [0.25, 0.3) is 5.69 Å². The lowest BCUT2D eigenvalue weighted by Gasteiger charge is -2.08. The second kappa shape index (κ2) is 10.5. The number of methoxy groups -OCH3 is 1. The molecule has 0 spiro atoms. The number of nitrogens with one attached hydrogen (secondary N) is 1. The van der Waals surface area contributed by atoms with E-state index in [0.717, 1.165) is 19.4 Å². The fourth-order valence-electron chi connectivity index (χ4n) is 1.81. The maximum absolute atomic E-state index is 10.9. The van der Waals surface area contributed by atoms with Gasteiger partial charge < -0.3 is 14.8 Å². The molecule has 118 valence electrons. The third kappa shape index (κ3) is 6.86. The number of hydrogen-bond acceptors (Lipinski definition) is 5. The van der Waals surface area contributed by atoms with E-state index in [-0.39, 0.29) is 5.69 Å². The minimum absolute atomic E-state index is 0.0536. The lowest BCUT2D eigenvalue weighted by atomic mass is 10.1. The van der Waals surface area contributed by atoms with E-state index in [1.807, 2.05) is 0 Å². The Bertz CT molecular complexity index is 443. The third-order valence-corrected chi connectivity index (χ3v) is 3.27. The molecule has 1 aromatic carbocycles. The van der Waals surface area contributed by atoms with Gasteiger partial charge in [0.2, 0.25) is 0 Å².